The lowest BCUT2D eigenvalue weighted by Gasteiger charge is -2.24. The highest BCUT2D eigenvalue weighted by molar-refractivity contribution is 7.15. The summed E-state index contributed by atoms with van der Waals surface area (Å²) in [5.74, 6) is -1.55. The topological polar surface area (TPSA) is 166 Å². The second-order valence-corrected chi connectivity index (χ2v) is 18.3. The summed E-state index contributed by atoms with van der Waals surface area (Å²) in [6, 6.07) is 23.0. The number of ether oxygens (including phenoxy) is 3. The van der Waals surface area contributed by atoms with Crippen LogP contribution in [0, 0.1) is 13.8 Å². The Morgan fingerprint density at radius 3 is 1.47 bits per heavy atom. The Bertz CT molecular complexity index is 2730. The molecule has 0 aliphatic heterocycles. The number of aromatic nitrogens is 2. The lowest BCUT2D eigenvalue weighted by molar-refractivity contribution is -0.158. The van der Waals surface area contributed by atoms with Gasteiger partial charge in [0.1, 0.15) is 32.9 Å². The van der Waals surface area contributed by atoms with Crippen LogP contribution in [0.4, 0.5) is 26.3 Å². The number of halogens is 6. The second-order valence-electron chi connectivity index (χ2n) is 15.9. The number of hydrogen-bond donors (Lipinski definition) is 3. The van der Waals surface area contributed by atoms with Crippen molar-refractivity contribution in [2.75, 3.05) is 6.61 Å². The fourth-order valence-electron chi connectivity index (χ4n) is 5.95. The number of carboxylic acids is 1. The van der Waals surface area contributed by atoms with Gasteiger partial charge in [-0.15, -0.1) is 22.7 Å². The number of carbonyl (C=O) groups is 4. The number of carbonyl (C=O) groups excluding carboxylic acids is 3. The maximum Gasteiger partial charge on any atom is 0.416 e. The molecule has 3 N–H and O–H groups in total. The molecule has 2 heterocycles. The monoisotopic (exact) mass is 984 g/mol. The van der Waals surface area contributed by atoms with Crippen molar-refractivity contribution in [2.24, 2.45) is 0 Å². The first-order valence-corrected chi connectivity index (χ1v) is 22.2. The molecule has 0 aliphatic rings. The highest BCUT2D eigenvalue weighted by Gasteiger charge is 2.33. The van der Waals surface area contributed by atoms with Crippen LogP contribution in [0.2, 0.25) is 0 Å². The molecule has 0 saturated heterocycles. The van der Waals surface area contributed by atoms with Crippen molar-refractivity contribution in [1.29, 1.82) is 0 Å². The molecule has 0 aliphatic carbocycles. The molecule has 68 heavy (non-hydrogen) atoms. The largest absolute Gasteiger partial charge is 0.478 e. The van der Waals surface area contributed by atoms with E-state index in [4.69, 9.17) is 19.3 Å². The number of aliphatic carboxylic acids is 1. The maximum absolute atomic E-state index is 13.0. The van der Waals surface area contributed by atoms with Crippen LogP contribution in [-0.2, 0) is 39.8 Å². The average Bonchev–Trinajstić information content (AvgIpc) is 3.87. The van der Waals surface area contributed by atoms with Crippen molar-refractivity contribution in [3.63, 3.8) is 0 Å². The quantitative estimate of drug-likeness (QED) is 0.0666. The Hall–Kier alpha value is -6.80. The van der Waals surface area contributed by atoms with Crippen LogP contribution in [0.1, 0.15) is 87.6 Å². The van der Waals surface area contributed by atoms with E-state index < -0.39 is 58.4 Å². The van der Waals surface area contributed by atoms with Gasteiger partial charge in [-0.25, -0.2) is 19.6 Å². The molecule has 0 saturated carbocycles. The van der Waals surface area contributed by atoms with Gasteiger partial charge >= 0.3 is 24.3 Å². The Morgan fingerprint density at radius 1 is 0.603 bits per heavy atom. The van der Waals surface area contributed by atoms with E-state index >= 15 is 0 Å². The Kier molecular flexibility index (Phi) is 16.4. The Balaban J connectivity index is 0.000000255. The molecule has 6 aromatic rings. The predicted molar refractivity (Wildman–Crippen MR) is 243 cm³/mol. The van der Waals surface area contributed by atoms with E-state index in [2.05, 4.69) is 20.6 Å². The van der Waals surface area contributed by atoms with E-state index in [1.54, 1.807) is 83.1 Å². The van der Waals surface area contributed by atoms with E-state index in [0.717, 1.165) is 46.7 Å². The summed E-state index contributed by atoms with van der Waals surface area (Å²) < 4.78 is 93.5. The van der Waals surface area contributed by atoms with Gasteiger partial charge in [-0.05, 0) is 108 Å². The third-order valence-electron chi connectivity index (χ3n) is 9.70. The van der Waals surface area contributed by atoms with Gasteiger partial charge in [0.15, 0.2) is 11.2 Å². The number of thiazole rings is 2. The number of hydrogen-bond acceptors (Lipinski definition) is 11. The highest BCUT2D eigenvalue weighted by atomic mass is 32.1. The normalized spacial score (nSPS) is 11.8. The maximum atomic E-state index is 13.0. The average molecular weight is 985 g/mol. The van der Waals surface area contributed by atoms with Crippen molar-refractivity contribution in [3.05, 3.63) is 140 Å². The van der Waals surface area contributed by atoms with Crippen LogP contribution in [0.25, 0.3) is 21.1 Å². The summed E-state index contributed by atoms with van der Waals surface area (Å²) in [7, 11) is 0. The zero-order valence-electron chi connectivity index (χ0n) is 37.6. The fraction of sp³-hybridized carbons (Fsp3) is 0.292. The molecule has 0 atom stereocenters. The zero-order valence-corrected chi connectivity index (χ0v) is 39.3. The molecular formula is C48H46F6N4O8S2. The molecule has 20 heteroatoms. The number of rotatable bonds is 15. The molecule has 2 amide bonds. The van der Waals surface area contributed by atoms with Crippen molar-refractivity contribution >= 4 is 46.4 Å². The van der Waals surface area contributed by atoms with Crippen molar-refractivity contribution in [1.82, 2.24) is 20.6 Å². The minimum atomic E-state index is -4.46. The van der Waals surface area contributed by atoms with Crippen LogP contribution in [0.15, 0.2) is 97.1 Å². The van der Waals surface area contributed by atoms with Gasteiger partial charge in [-0.2, -0.15) is 26.3 Å². The Labute approximate surface area is 395 Å². The third kappa shape index (κ3) is 13.9. The summed E-state index contributed by atoms with van der Waals surface area (Å²) in [6.45, 7) is 11.9. The number of benzene rings is 4. The summed E-state index contributed by atoms with van der Waals surface area (Å²) in [6.07, 6.45) is -8.88. The van der Waals surface area contributed by atoms with E-state index in [-0.39, 0.29) is 31.1 Å². The van der Waals surface area contributed by atoms with E-state index in [9.17, 15) is 45.5 Å². The smallest absolute Gasteiger partial charge is 0.416 e. The number of nitrogens with one attached hydrogen (secondary N) is 2. The van der Waals surface area contributed by atoms with E-state index in [0.29, 0.717) is 42.4 Å². The first-order valence-electron chi connectivity index (χ1n) is 20.6. The molecule has 0 spiro atoms. The third-order valence-corrected chi connectivity index (χ3v) is 11.7. The molecule has 0 radical (unpaired) electrons. The van der Waals surface area contributed by atoms with Crippen LogP contribution in [-0.4, -0.2) is 56.6 Å². The minimum Gasteiger partial charge on any atom is -0.478 e. The number of aryl methyl sites for hydroxylation is 2. The molecule has 0 bridgehead atoms. The number of amides is 2. The molecular weight excluding hydrogens is 939 g/mol. The fourth-order valence-corrected chi connectivity index (χ4v) is 7.78. The van der Waals surface area contributed by atoms with Crippen LogP contribution < -0.4 is 20.1 Å². The lowest BCUT2D eigenvalue weighted by Crippen LogP contribution is -2.39. The number of alkyl halides is 6. The molecule has 360 valence electrons. The zero-order chi connectivity index (χ0) is 50.2. The van der Waals surface area contributed by atoms with E-state index in [1.807, 2.05) is 0 Å². The van der Waals surface area contributed by atoms with Crippen LogP contribution in [0.5, 0.6) is 11.5 Å². The first kappa shape index (κ1) is 52.2. The predicted octanol–water partition coefficient (Wildman–Crippen LogP) is 11.1. The lowest BCUT2D eigenvalue weighted by atomic mass is 10.1. The standard InChI is InChI=1S/C25H25F3N2O4S.C23H21F3N2O4S/c1-5-33-23(32)24(3,4)34-19-11-9-16(10-12-19)14-29-21(31)20-15(2)35-22(30-20)17-7-6-8-18(13-17)25(26,27)28;1-13-18(28-20(33-13)15-6-8-16(9-7-15)23(24,25)26)19(29)27-12-14-4-10-17(11-5-14)32-22(2,3)21(30)31/h6-13H,5,14H2,1-4H3,(H,29,31);4-11H,12H2,1-3H3,(H,27,29)(H,30,31). The molecule has 6 rings (SSSR count). The van der Waals surface area contributed by atoms with Gasteiger partial charge in [0.05, 0.1) is 17.7 Å². The van der Waals surface area contributed by atoms with Gasteiger partial charge in [0.2, 0.25) is 0 Å². The summed E-state index contributed by atoms with van der Waals surface area (Å²) in [5.41, 5.74) is -1.33. The molecule has 0 unspecified atom stereocenters. The first-order chi connectivity index (χ1) is 31.8. The van der Waals surface area contributed by atoms with Gasteiger partial charge in [0, 0.05) is 34.0 Å². The summed E-state index contributed by atoms with van der Waals surface area (Å²) in [5, 5.41) is 15.4. The van der Waals surface area contributed by atoms with Crippen molar-refractivity contribution in [2.45, 2.75) is 85.1 Å². The van der Waals surface area contributed by atoms with Crippen LogP contribution >= 0.6 is 22.7 Å². The second kappa shape index (κ2) is 21.4. The van der Waals surface area contributed by atoms with Crippen molar-refractivity contribution < 1.29 is 64.8 Å². The number of nitrogens with zero attached hydrogens (tertiary/aromatic N) is 2. The van der Waals surface area contributed by atoms with Gasteiger partial charge in [0.25, 0.3) is 11.8 Å². The summed E-state index contributed by atoms with van der Waals surface area (Å²) in [4.78, 5) is 58.2. The van der Waals surface area contributed by atoms with Gasteiger partial charge in [-0.3, -0.25) is 9.59 Å². The molecule has 12 nitrogen and oxygen atoms in total. The van der Waals surface area contributed by atoms with Gasteiger partial charge < -0.3 is 30.0 Å². The molecule has 2 aromatic heterocycles. The molecule has 4 aromatic carbocycles. The van der Waals surface area contributed by atoms with Gasteiger partial charge in [-0.1, -0.05) is 48.5 Å². The highest BCUT2D eigenvalue weighted by Crippen LogP contribution is 2.35. The number of esters is 1. The minimum absolute atomic E-state index is 0.165. The Morgan fingerprint density at radius 2 is 1.04 bits per heavy atom. The van der Waals surface area contributed by atoms with Crippen LogP contribution in [0.3, 0.4) is 0 Å². The SMILES string of the molecule is CCOC(=O)C(C)(C)Oc1ccc(CNC(=O)c2nc(-c3cccc(C(F)(F)F)c3)sc2C)cc1.Cc1sc(-c2ccc(C(F)(F)F)cc2)nc1C(=O)NCc1ccc(OC(C)(C)C(=O)O)cc1. The van der Waals surface area contributed by atoms with E-state index in [1.165, 1.54) is 49.4 Å². The summed E-state index contributed by atoms with van der Waals surface area (Å²) >= 11 is 2.38. The number of carboxylic acid groups (broad SMARTS) is 1. The van der Waals surface area contributed by atoms with Crippen molar-refractivity contribution in [3.8, 4) is 32.6 Å². The molecule has 0 fully saturated rings.